The molecule has 182 valence electrons. The molecule has 1 nitrogen and oxygen atoms in total. The lowest BCUT2D eigenvalue weighted by molar-refractivity contribution is 0.0512. The molecule has 2 aliphatic carbocycles. The van der Waals surface area contributed by atoms with Crippen molar-refractivity contribution in [2.24, 2.45) is 11.3 Å². The van der Waals surface area contributed by atoms with Crippen LogP contribution in [0.4, 0.5) is 0 Å². The number of allylic oxidation sites excluding steroid dienone is 1. The third kappa shape index (κ3) is 4.20. The number of hydrogen-bond acceptors (Lipinski definition) is 1. The number of fused-ring (bicyclic) bond motifs is 1. The first-order valence-corrected chi connectivity index (χ1v) is 15.5. The van der Waals surface area contributed by atoms with Crippen molar-refractivity contribution in [2.75, 3.05) is 0 Å². The van der Waals surface area contributed by atoms with Gasteiger partial charge in [0.15, 0.2) is 0 Å². The molecule has 2 aliphatic rings. The van der Waals surface area contributed by atoms with Gasteiger partial charge in [-0.2, -0.15) is 0 Å². The molecular formula is C32H37BrOSi. The maximum absolute atomic E-state index is 8.41. The highest BCUT2D eigenvalue weighted by Crippen LogP contribution is 2.56. The molecule has 0 unspecified atom stereocenters. The molecule has 0 bridgehead atoms. The SMILES string of the molecule is [2H]C([2H])=C1c2cc(Br)ccc2C[C@]12CC[C@@H](O[Si](c1ccccc1)(c1ccccc1)C(C)(C)C)[C@H](C)C2. The highest BCUT2D eigenvalue weighted by molar-refractivity contribution is 9.10. The van der Waals surface area contributed by atoms with Crippen LogP contribution in [0.25, 0.3) is 5.57 Å². The van der Waals surface area contributed by atoms with Gasteiger partial charge in [0.05, 0.1) is 2.74 Å². The van der Waals surface area contributed by atoms with E-state index < -0.39 is 8.32 Å². The summed E-state index contributed by atoms with van der Waals surface area (Å²) in [5, 5.41) is 2.58. The largest absolute Gasteiger partial charge is 0.404 e. The van der Waals surface area contributed by atoms with Gasteiger partial charge in [-0.15, -0.1) is 0 Å². The Labute approximate surface area is 223 Å². The molecule has 5 rings (SSSR count). The molecule has 0 amide bonds. The minimum absolute atomic E-state index is 0.0320. The van der Waals surface area contributed by atoms with Crippen LogP contribution in [0.3, 0.4) is 0 Å². The topological polar surface area (TPSA) is 9.23 Å². The molecule has 35 heavy (non-hydrogen) atoms. The second kappa shape index (κ2) is 9.17. The molecule has 3 aromatic carbocycles. The zero-order valence-corrected chi connectivity index (χ0v) is 23.9. The average Bonchev–Trinajstić information content (AvgIpc) is 3.16. The first-order chi connectivity index (χ1) is 17.6. The zero-order valence-electron chi connectivity index (χ0n) is 23.3. The second-order valence-electron chi connectivity index (χ2n) is 11.7. The van der Waals surface area contributed by atoms with Crippen molar-refractivity contribution >= 4 is 40.2 Å². The van der Waals surface area contributed by atoms with Gasteiger partial charge in [0.1, 0.15) is 0 Å². The van der Waals surface area contributed by atoms with Crippen molar-refractivity contribution < 1.29 is 7.17 Å². The van der Waals surface area contributed by atoms with E-state index in [0.29, 0.717) is 5.92 Å². The first-order valence-electron chi connectivity index (χ1n) is 13.8. The smallest absolute Gasteiger partial charge is 0.261 e. The molecule has 3 aromatic rings. The highest BCUT2D eigenvalue weighted by Gasteiger charge is 2.54. The Bertz CT molecular complexity index is 1260. The third-order valence-corrected chi connectivity index (χ3v) is 14.0. The van der Waals surface area contributed by atoms with E-state index in [0.717, 1.165) is 41.3 Å². The Morgan fingerprint density at radius 1 is 1.00 bits per heavy atom. The van der Waals surface area contributed by atoms with E-state index in [2.05, 4.69) is 122 Å². The molecule has 0 N–H and O–H groups in total. The van der Waals surface area contributed by atoms with Crippen LogP contribution in [-0.2, 0) is 10.8 Å². The molecular weight excluding hydrogens is 508 g/mol. The number of halogens is 1. The van der Waals surface area contributed by atoms with Crippen molar-refractivity contribution in [3.05, 3.63) is 101 Å². The van der Waals surface area contributed by atoms with Crippen molar-refractivity contribution in [1.29, 1.82) is 0 Å². The van der Waals surface area contributed by atoms with Gasteiger partial charge < -0.3 is 4.43 Å². The summed E-state index contributed by atoms with van der Waals surface area (Å²) < 4.78 is 25.4. The Hall–Kier alpha value is -1.94. The van der Waals surface area contributed by atoms with Gasteiger partial charge >= 0.3 is 0 Å². The predicted molar refractivity (Wildman–Crippen MR) is 155 cm³/mol. The van der Waals surface area contributed by atoms with Crippen LogP contribution in [-0.4, -0.2) is 14.4 Å². The van der Waals surface area contributed by atoms with Crippen molar-refractivity contribution in [2.45, 2.75) is 64.5 Å². The van der Waals surface area contributed by atoms with E-state index in [1.165, 1.54) is 15.9 Å². The van der Waals surface area contributed by atoms with E-state index in [9.17, 15) is 0 Å². The van der Waals surface area contributed by atoms with Gasteiger partial charge in [0.25, 0.3) is 8.32 Å². The Kier molecular flexibility index (Phi) is 5.84. The van der Waals surface area contributed by atoms with Crippen LogP contribution >= 0.6 is 15.9 Å². The van der Waals surface area contributed by atoms with E-state index in [4.69, 9.17) is 7.17 Å². The predicted octanol–water partition coefficient (Wildman–Crippen LogP) is 7.77. The van der Waals surface area contributed by atoms with Gasteiger partial charge in [-0.1, -0.05) is 117 Å². The fourth-order valence-corrected chi connectivity index (χ4v) is 11.9. The highest BCUT2D eigenvalue weighted by atomic mass is 79.9. The number of hydrogen-bond donors (Lipinski definition) is 0. The summed E-state index contributed by atoms with van der Waals surface area (Å²) in [6.07, 6.45) is 3.88. The molecule has 3 atom stereocenters. The summed E-state index contributed by atoms with van der Waals surface area (Å²) in [6, 6.07) is 28.2. The summed E-state index contributed by atoms with van der Waals surface area (Å²) in [6.45, 7) is 9.32. The minimum atomic E-state index is -2.63. The fourth-order valence-electron chi connectivity index (χ4n) is 6.71. The lowest BCUT2D eigenvalue weighted by Gasteiger charge is -2.49. The Balaban J connectivity index is 1.52. The summed E-state index contributed by atoms with van der Waals surface area (Å²) in [7, 11) is -2.63. The molecule has 0 heterocycles. The molecule has 3 heteroatoms. The Morgan fingerprint density at radius 3 is 2.17 bits per heavy atom. The van der Waals surface area contributed by atoms with E-state index in [1.807, 2.05) is 0 Å². The summed E-state index contributed by atoms with van der Waals surface area (Å²) >= 11 is 3.61. The standard InChI is InChI=1S/C32H37BrOSi/c1-23-21-32(22-25-16-17-26(33)20-29(25)24(32)2)19-18-30(23)34-35(31(3,4)5,27-12-8-6-9-13-27)28-14-10-7-11-15-28/h6-17,20,23,30H,2,18-19,21-22H2,1,3-5H3/t23-,30-,32-/m1/s1/i2D2. The van der Waals surface area contributed by atoms with E-state index in [-0.39, 0.29) is 23.1 Å². The number of benzene rings is 3. The Morgan fingerprint density at radius 2 is 1.63 bits per heavy atom. The van der Waals surface area contributed by atoms with Crippen molar-refractivity contribution in [3.8, 4) is 0 Å². The molecule has 1 spiro atoms. The average molecular weight is 548 g/mol. The van der Waals surface area contributed by atoms with Gasteiger partial charge in [-0.25, -0.2) is 0 Å². The van der Waals surface area contributed by atoms with Gasteiger partial charge in [-0.3, -0.25) is 0 Å². The third-order valence-electron chi connectivity index (χ3n) is 8.40. The minimum Gasteiger partial charge on any atom is -0.404 e. The maximum Gasteiger partial charge on any atom is 0.261 e. The van der Waals surface area contributed by atoms with Gasteiger partial charge in [-0.05, 0) is 81.3 Å². The molecule has 0 saturated heterocycles. The van der Waals surface area contributed by atoms with Crippen LogP contribution in [0, 0.1) is 11.3 Å². The van der Waals surface area contributed by atoms with Gasteiger partial charge in [0.2, 0.25) is 0 Å². The lowest BCUT2D eigenvalue weighted by atomic mass is 9.65. The van der Waals surface area contributed by atoms with Crippen molar-refractivity contribution in [1.82, 2.24) is 0 Å². The normalized spacial score (nSPS) is 25.2. The molecule has 0 aliphatic heterocycles. The van der Waals surface area contributed by atoms with Crippen LogP contribution in [0.1, 0.15) is 60.8 Å². The lowest BCUT2D eigenvalue weighted by Crippen LogP contribution is -2.68. The molecule has 1 saturated carbocycles. The van der Waals surface area contributed by atoms with E-state index in [1.54, 1.807) is 0 Å². The summed E-state index contributed by atoms with van der Waals surface area (Å²) in [5.41, 5.74) is 3.15. The van der Waals surface area contributed by atoms with Crippen LogP contribution < -0.4 is 10.4 Å². The molecule has 0 radical (unpaired) electrons. The summed E-state index contributed by atoms with van der Waals surface area (Å²) in [4.78, 5) is 0. The van der Waals surface area contributed by atoms with Gasteiger partial charge in [0, 0.05) is 10.6 Å². The maximum atomic E-state index is 8.41. The monoisotopic (exact) mass is 546 g/mol. The fraction of sp³-hybridized carbons (Fsp3) is 0.375. The van der Waals surface area contributed by atoms with Crippen LogP contribution in [0.15, 0.2) is 89.9 Å². The number of rotatable bonds is 4. The summed E-state index contributed by atoms with van der Waals surface area (Å²) in [5.74, 6) is 0.322. The van der Waals surface area contributed by atoms with E-state index >= 15 is 0 Å². The first kappa shape index (κ1) is 22.3. The van der Waals surface area contributed by atoms with Crippen LogP contribution in [0.5, 0.6) is 0 Å². The zero-order chi connectivity index (χ0) is 26.4. The molecule has 0 aromatic heterocycles. The second-order valence-corrected chi connectivity index (χ2v) is 16.8. The quantitative estimate of drug-likeness (QED) is 0.303. The van der Waals surface area contributed by atoms with Crippen molar-refractivity contribution in [3.63, 3.8) is 0 Å². The molecule has 1 fully saturated rings. The van der Waals surface area contributed by atoms with Crippen LogP contribution in [0.2, 0.25) is 5.04 Å².